The number of anilines is 7. The number of benzene rings is 4. The maximum Gasteiger partial charge on any atom is 0.277 e. The molecule has 0 bridgehead atoms. The quantitative estimate of drug-likeness (QED) is 0.0272. The summed E-state index contributed by atoms with van der Waals surface area (Å²) in [5.74, 6) is 0.732. The van der Waals surface area contributed by atoms with Crippen LogP contribution in [0.3, 0.4) is 0 Å². The largest absolute Gasteiger partial charge is 0.379 e. The standard InChI is InChI=1S/C29H28N10O2.C26H27N7O3/c1-37(11-12-38(2)29-32-16-22(17-33-29)28(40)36-41)24-7-5-23(6-8-24)34-26-27-31-9-10-39(27)18-25(35-26)19-3-4-20-14-30-15-21(20)13-19;1-32(11-13-36-12-8-24(34)31-35)22-6-4-21(5-7-22)29-25-26-28-9-10-33(26)17-23(30-25)18-2-3-19-15-27-16-20(19)14-18/h3-10,13-14,16-18,41H,11-12,15H2,1-2H3,(H,34,35)(H,36,40);2-7,9-10,14-15,17,35H,8,11-13,16H2,1H3,(H,29,30)(H,31,34). The van der Waals surface area contributed by atoms with Crippen molar-refractivity contribution in [2.75, 3.05) is 79.3 Å². The van der Waals surface area contributed by atoms with Crippen molar-refractivity contribution in [1.29, 1.82) is 0 Å². The van der Waals surface area contributed by atoms with Crippen molar-refractivity contribution in [2.45, 2.75) is 19.5 Å². The van der Waals surface area contributed by atoms with Crippen LogP contribution in [0.1, 0.15) is 39.0 Å². The number of amides is 2. The summed E-state index contributed by atoms with van der Waals surface area (Å²) in [7, 11) is 5.88. The average Bonchev–Trinajstić information content (AvgIpc) is 4.34. The molecule has 77 heavy (non-hydrogen) atoms. The van der Waals surface area contributed by atoms with E-state index in [2.05, 4.69) is 86.8 Å². The van der Waals surface area contributed by atoms with Crippen molar-refractivity contribution in [1.82, 2.24) is 49.7 Å². The lowest BCUT2D eigenvalue weighted by Crippen LogP contribution is -2.31. The van der Waals surface area contributed by atoms with Crippen molar-refractivity contribution in [3.63, 3.8) is 0 Å². The van der Waals surface area contributed by atoms with Crippen molar-refractivity contribution in [3.8, 4) is 22.5 Å². The molecule has 0 atom stereocenters. The average molecular weight is 1030 g/mol. The van der Waals surface area contributed by atoms with Crippen molar-refractivity contribution in [3.05, 3.63) is 162 Å². The molecule has 22 nitrogen and oxygen atoms in total. The molecule has 2 aliphatic heterocycles. The maximum absolute atomic E-state index is 11.5. The van der Waals surface area contributed by atoms with Gasteiger partial charge in [-0.25, -0.2) is 40.9 Å². The minimum atomic E-state index is -0.649. The Hall–Kier alpha value is -9.64. The minimum absolute atomic E-state index is 0.125. The van der Waals surface area contributed by atoms with E-state index in [1.165, 1.54) is 23.5 Å². The lowest BCUT2D eigenvalue weighted by atomic mass is 10.0. The van der Waals surface area contributed by atoms with E-state index in [1.54, 1.807) is 23.4 Å². The highest BCUT2D eigenvalue weighted by atomic mass is 16.5. The van der Waals surface area contributed by atoms with Crippen LogP contribution in [0.25, 0.3) is 33.8 Å². The van der Waals surface area contributed by atoms with Gasteiger partial charge >= 0.3 is 0 Å². The van der Waals surface area contributed by atoms with E-state index in [0.29, 0.717) is 50.4 Å². The predicted octanol–water partition coefficient (Wildman–Crippen LogP) is 6.97. The van der Waals surface area contributed by atoms with Crippen LogP contribution in [0, 0.1) is 0 Å². The summed E-state index contributed by atoms with van der Waals surface area (Å²) in [6.45, 7) is 4.17. The number of hydroxylamine groups is 2. The summed E-state index contributed by atoms with van der Waals surface area (Å²) in [5.41, 5.74) is 17.2. The van der Waals surface area contributed by atoms with E-state index in [9.17, 15) is 9.59 Å². The van der Waals surface area contributed by atoms with Gasteiger partial charge in [-0.05, 0) is 82.9 Å². The number of nitrogens with zero attached hydrogens (tertiary/aromatic N) is 13. The first-order chi connectivity index (χ1) is 37.6. The number of carbonyl (C=O) groups is 2. The molecule has 11 rings (SSSR count). The van der Waals surface area contributed by atoms with Crippen LogP contribution < -0.4 is 36.3 Å². The van der Waals surface area contributed by atoms with Gasteiger partial charge in [-0.15, -0.1) is 0 Å². The third-order valence-electron chi connectivity index (χ3n) is 13.0. The summed E-state index contributed by atoms with van der Waals surface area (Å²) < 4.78 is 9.41. The minimum Gasteiger partial charge on any atom is -0.379 e. The zero-order valence-corrected chi connectivity index (χ0v) is 42.4. The molecule has 0 saturated heterocycles. The molecule has 0 spiro atoms. The fourth-order valence-corrected chi connectivity index (χ4v) is 8.60. The molecule has 5 aromatic heterocycles. The Morgan fingerprint density at radius 1 is 0.610 bits per heavy atom. The lowest BCUT2D eigenvalue weighted by molar-refractivity contribution is -0.130. The van der Waals surface area contributed by atoms with E-state index < -0.39 is 11.8 Å². The smallest absolute Gasteiger partial charge is 0.277 e. The molecule has 22 heteroatoms. The highest BCUT2D eigenvalue weighted by Crippen LogP contribution is 2.30. The van der Waals surface area contributed by atoms with Gasteiger partial charge in [-0.2, -0.15) is 0 Å². The zero-order chi connectivity index (χ0) is 53.3. The number of hydrogen-bond donors (Lipinski definition) is 6. The first-order valence-electron chi connectivity index (χ1n) is 24.7. The zero-order valence-electron chi connectivity index (χ0n) is 42.4. The summed E-state index contributed by atoms with van der Waals surface area (Å²) in [6.07, 6.45) is 18.0. The second-order valence-corrected chi connectivity index (χ2v) is 18.3. The van der Waals surface area contributed by atoms with Crippen molar-refractivity contribution in [2.24, 2.45) is 9.98 Å². The molecule has 6 N–H and O–H groups in total. The normalized spacial score (nSPS) is 12.0. The molecular formula is C55H55N17O5. The second kappa shape index (κ2) is 23.3. The van der Waals surface area contributed by atoms with Crippen LogP contribution in [-0.2, 0) is 22.6 Å². The highest BCUT2D eigenvalue weighted by molar-refractivity contribution is 5.92. The molecule has 2 aliphatic rings. The number of ether oxygens (including phenoxy) is 1. The third-order valence-corrected chi connectivity index (χ3v) is 13.0. The molecule has 0 fully saturated rings. The fourth-order valence-electron chi connectivity index (χ4n) is 8.60. The Morgan fingerprint density at radius 3 is 1.62 bits per heavy atom. The molecular weight excluding hydrogens is 979 g/mol. The SMILES string of the molecule is CN(CCN(C)c1ncc(C(=O)NO)cn1)c1ccc(Nc2nc(-c3ccc4c(c3)CN=C4)cn3ccnc23)cc1.CN(CCOCCC(=O)NO)c1ccc(Nc2nc(-c3ccc4c(c3)CN=C4)cn3ccnc23)cc1. The van der Waals surface area contributed by atoms with Gasteiger partial charge in [-0.3, -0.25) is 30.0 Å². The summed E-state index contributed by atoms with van der Waals surface area (Å²) in [6, 6.07) is 28.8. The molecule has 390 valence electrons. The van der Waals surface area contributed by atoms with Crippen LogP contribution in [0.4, 0.5) is 40.3 Å². The third kappa shape index (κ3) is 12.0. The molecule has 4 aromatic carbocycles. The van der Waals surface area contributed by atoms with Gasteiger partial charge in [0.2, 0.25) is 11.9 Å². The Morgan fingerprint density at radius 2 is 1.12 bits per heavy atom. The van der Waals surface area contributed by atoms with Crippen molar-refractivity contribution >= 4 is 75.9 Å². The van der Waals surface area contributed by atoms with Gasteiger partial charge in [0.05, 0.1) is 49.7 Å². The fraction of sp³-hybridized carbons (Fsp3) is 0.200. The Kier molecular flexibility index (Phi) is 15.4. The molecule has 0 aliphatic carbocycles. The van der Waals surface area contributed by atoms with Gasteiger partial charge in [0, 0.05) is 137 Å². The maximum atomic E-state index is 11.5. The van der Waals surface area contributed by atoms with Gasteiger partial charge < -0.3 is 38.9 Å². The number of imidazole rings is 2. The second-order valence-electron chi connectivity index (χ2n) is 18.3. The number of aliphatic imine (C=N–C) groups is 2. The molecule has 0 unspecified atom stereocenters. The van der Waals surface area contributed by atoms with Crippen molar-refractivity contribution < 1.29 is 24.7 Å². The van der Waals surface area contributed by atoms with E-state index in [1.807, 2.05) is 121 Å². The van der Waals surface area contributed by atoms with E-state index >= 15 is 0 Å². The predicted molar refractivity (Wildman–Crippen MR) is 295 cm³/mol. The summed E-state index contributed by atoms with van der Waals surface area (Å²) in [5, 5.41) is 24.1. The topological polar surface area (TPSA) is 253 Å². The lowest BCUT2D eigenvalue weighted by Gasteiger charge is -2.24. The first kappa shape index (κ1) is 50.9. The van der Waals surface area contributed by atoms with E-state index in [0.717, 1.165) is 74.2 Å². The van der Waals surface area contributed by atoms with Crippen LogP contribution in [0.2, 0.25) is 0 Å². The van der Waals surface area contributed by atoms with Gasteiger partial charge in [-0.1, -0.05) is 24.3 Å². The van der Waals surface area contributed by atoms with E-state index in [-0.39, 0.29) is 18.6 Å². The molecule has 2 amide bonds. The number of nitrogens with one attached hydrogen (secondary N) is 4. The Labute approximate surface area is 442 Å². The Balaban J connectivity index is 0.000000176. The first-order valence-corrected chi connectivity index (χ1v) is 24.7. The van der Waals surface area contributed by atoms with Gasteiger partial charge in [0.25, 0.3) is 5.91 Å². The number of rotatable bonds is 19. The van der Waals surface area contributed by atoms with Crippen LogP contribution >= 0.6 is 0 Å². The van der Waals surface area contributed by atoms with Crippen LogP contribution in [0.15, 0.2) is 144 Å². The Bertz CT molecular complexity index is 3600. The summed E-state index contributed by atoms with van der Waals surface area (Å²) >= 11 is 0. The van der Waals surface area contributed by atoms with E-state index in [4.69, 9.17) is 25.1 Å². The molecule has 9 aromatic rings. The van der Waals surface area contributed by atoms with Crippen LogP contribution in [0.5, 0.6) is 0 Å². The number of carbonyl (C=O) groups excluding carboxylic acids is 2. The highest BCUT2D eigenvalue weighted by Gasteiger charge is 2.16. The molecule has 0 radical (unpaired) electrons. The number of fused-ring (bicyclic) bond motifs is 4. The van der Waals surface area contributed by atoms with Gasteiger partial charge in [0.15, 0.2) is 22.9 Å². The monoisotopic (exact) mass is 1030 g/mol. The molecule has 7 heterocycles. The number of aromatic nitrogens is 8. The number of hydrogen-bond acceptors (Lipinski definition) is 18. The molecule has 0 saturated carbocycles. The number of likely N-dealkylation sites (N-methyl/N-ethyl adjacent to an activating group) is 3. The van der Waals surface area contributed by atoms with Crippen LogP contribution in [-0.4, -0.2) is 127 Å². The summed E-state index contributed by atoms with van der Waals surface area (Å²) in [4.78, 5) is 64.5. The van der Waals surface area contributed by atoms with Gasteiger partial charge in [0.1, 0.15) is 0 Å².